The molecule has 5 nitrogen and oxygen atoms in total. The van der Waals surface area contributed by atoms with Gasteiger partial charge < -0.3 is 15.1 Å². The van der Waals surface area contributed by atoms with Crippen molar-refractivity contribution in [3.8, 4) is 0 Å². The summed E-state index contributed by atoms with van der Waals surface area (Å²) in [7, 11) is 2.05. The van der Waals surface area contributed by atoms with Crippen molar-refractivity contribution in [1.29, 1.82) is 0 Å². The molecule has 1 aliphatic heterocycles. The largest absolute Gasteiger partial charge is 0.467 e. The highest BCUT2D eigenvalue weighted by Crippen LogP contribution is 2.14. The van der Waals surface area contributed by atoms with E-state index in [0.717, 1.165) is 31.7 Å². The summed E-state index contributed by atoms with van der Waals surface area (Å²) in [5.41, 5.74) is 0. The number of nitrogens with one attached hydrogen (secondary N) is 2. The lowest BCUT2D eigenvalue weighted by Gasteiger charge is -2.31. The van der Waals surface area contributed by atoms with E-state index >= 15 is 0 Å². The number of carbonyl (C=O) groups is 1. The smallest absolute Gasteiger partial charge is 0.237 e. The van der Waals surface area contributed by atoms with Gasteiger partial charge in [-0.1, -0.05) is 0 Å². The summed E-state index contributed by atoms with van der Waals surface area (Å²) in [5.74, 6) is 0.841. The molecule has 2 rings (SSSR count). The summed E-state index contributed by atoms with van der Waals surface area (Å²) < 4.78 is 5.22. The molecular weight excluding hydrogens is 254 g/mol. The van der Waals surface area contributed by atoms with Gasteiger partial charge in [0.05, 0.1) is 18.8 Å². The molecule has 5 heteroatoms. The quantitative estimate of drug-likeness (QED) is 0.854. The molecule has 0 aliphatic carbocycles. The van der Waals surface area contributed by atoms with Crippen LogP contribution in [0, 0.1) is 0 Å². The van der Waals surface area contributed by atoms with E-state index in [0.29, 0.717) is 12.6 Å². The van der Waals surface area contributed by atoms with Crippen LogP contribution in [0.1, 0.15) is 31.9 Å². The summed E-state index contributed by atoms with van der Waals surface area (Å²) >= 11 is 0. The zero-order valence-electron chi connectivity index (χ0n) is 12.4. The molecule has 2 N–H and O–H groups in total. The lowest BCUT2D eigenvalue weighted by Crippen LogP contribution is -2.47. The van der Waals surface area contributed by atoms with Gasteiger partial charge in [0.1, 0.15) is 5.76 Å². The third kappa shape index (κ3) is 4.08. The summed E-state index contributed by atoms with van der Waals surface area (Å²) in [6, 6.07) is 4.06. The number of rotatable bonds is 5. The lowest BCUT2D eigenvalue weighted by atomic mass is 10.1. The van der Waals surface area contributed by atoms with E-state index in [9.17, 15) is 4.79 Å². The molecule has 1 fully saturated rings. The zero-order valence-corrected chi connectivity index (χ0v) is 12.4. The molecule has 20 heavy (non-hydrogen) atoms. The Morgan fingerprint density at radius 3 is 3.15 bits per heavy atom. The third-order valence-corrected chi connectivity index (χ3v) is 4.13. The van der Waals surface area contributed by atoms with Crippen molar-refractivity contribution in [1.82, 2.24) is 15.5 Å². The first-order valence-electron chi connectivity index (χ1n) is 7.41. The standard InChI is InChI=1S/C15H25N3O2/c1-12(15(19)17-11-14-6-4-10-20-14)18(2)13-5-3-8-16-9-7-13/h4,6,10,12-13,16H,3,5,7-9,11H2,1-2H3,(H,17,19). The fraction of sp³-hybridized carbons (Fsp3) is 0.667. The molecule has 1 saturated heterocycles. The van der Waals surface area contributed by atoms with Crippen LogP contribution in [-0.2, 0) is 11.3 Å². The molecule has 112 valence electrons. The highest BCUT2D eigenvalue weighted by Gasteiger charge is 2.25. The maximum atomic E-state index is 12.2. The first-order valence-corrected chi connectivity index (χ1v) is 7.41. The van der Waals surface area contributed by atoms with Gasteiger partial charge in [0.15, 0.2) is 0 Å². The number of hydrogen-bond donors (Lipinski definition) is 2. The van der Waals surface area contributed by atoms with Gasteiger partial charge in [0, 0.05) is 6.04 Å². The Hall–Kier alpha value is -1.33. The second-order valence-corrected chi connectivity index (χ2v) is 5.47. The highest BCUT2D eigenvalue weighted by molar-refractivity contribution is 5.81. The SMILES string of the molecule is CC(C(=O)NCc1ccco1)N(C)C1CCCNCC1. The van der Waals surface area contributed by atoms with Crippen LogP contribution in [0.2, 0.25) is 0 Å². The van der Waals surface area contributed by atoms with Crippen LogP contribution in [0.5, 0.6) is 0 Å². The van der Waals surface area contributed by atoms with Gasteiger partial charge in [0.25, 0.3) is 0 Å². The Kier molecular flexibility index (Phi) is 5.61. The number of hydrogen-bond acceptors (Lipinski definition) is 4. The molecule has 0 bridgehead atoms. The van der Waals surface area contributed by atoms with Crippen molar-refractivity contribution in [2.24, 2.45) is 0 Å². The topological polar surface area (TPSA) is 57.5 Å². The van der Waals surface area contributed by atoms with Crippen molar-refractivity contribution >= 4 is 5.91 Å². The number of carbonyl (C=O) groups excluding carboxylic acids is 1. The van der Waals surface area contributed by atoms with Gasteiger partial charge in [-0.15, -0.1) is 0 Å². The first-order chi connectivity index (χ1) is 9.68. The van der Waals surface area contributed by atoms with Gasteiger partial charge >= 0.3 is 0 Å². The fourth-order valence-corrected chi connectivity index (χ4v) is 2.64. The molecule has 1 aliphatic rings. The van der Waals surface area contributed by atoms with E-state index < -0.39 is 0 Å². The predicted molar refractivity (Wildman–Crippen MR) is 78.3 cm³/mol. The van der Waals surface area contributed by atoms with Crippen LogP contribution >= 0.6 is 0 Å². The lowest BCUT2D eigenvalue weighted by molar-refractivity contribution is -0.126. The van der Waals surface area contributed by atoms with Crippen molar-refractivity contribution in [3.05, 3.63) is 24.2 Å². The van der Waals surface area contributed by atoms with Crippen molar-refractivity contribution in [3.63, 3.8) is 0 Å². The molecule has 2 unspecified atom stereocenters. The van der Waals surface area contributed by atoms with E-state index in [1.54, 1.807) is 6.26 Å². The number of amides is 1. The maximum absolute atomic E-state index is 12.2. The van der Waals surface area contributed by atoms with Crippen LogP contribution in [0.3, 0.4) is 0 Å². The molecular formula is C15H25N3O2. The van der Waals surface area contributed by atoms with E-state index in [4.69, 9.17) is 4.42 Å². The molecule has 1 aromatic rings. The average molecular weight is 279 g/mol. The average Bonchev–Trinajstić information content (AvgIpc) is 2.83. The Bertz CT molecular complexity index is 397. The van der Waals surface area contributed by atoms with Gasteiger partial charge in [-0.25, -0.2) is 0 Å². The van der Waals surface area contributed by atoms with Crippen LogP contribution < -0.4 is 10.6 Å². The first kappa shape index (κ1) is 15.1. The molecule has 2 atom stereocenters. The van der Waals surface area contributed by atoms with Crippen LogP contribution in [-0.4, -0.2) is 43.0 Å². The summed E-state index contributed by atoms with van der Waals surface area (Å²) in [4.78, 5) is 14.4. The minimum atomic E-state index is -0.118. The summed E-state index contributed by atoms with van der Waals surface area (Å²) in [6.45, 7) is 4.55. The zero-order chi connectivity index (χ0) is 14.4. The second-order valence-electron chi connectivity index (χ2n) is 5.47. The molecule has 0 radical (unpaired) electrons. The minimum absolute atomic E-state index is 0.0566. The van der Waals surface area contributed by atoms with Crippen LogP contribution in [0.15, 0.2) is 22.8 Å². The van der Waals surface area contributed by atoms with E-state index in [-0.39, 0.29) is 11.9 Å². The molecule has 2 heterocycles. The highest BCUT2D eigenvalue weighted by atomic mass is 16.3. The van der Waals surface area contributed by atoms with Crippen molar-refractivity contribution in [2.45, 2.75) is 44.8 Å². The molecule has 0 aromatic carbocycles. The summed E-state index contributed by atoms with van der Waals surface area (Å²) in [5, 5.41) is 6.33. The van der Waals surface area contributed by atoms with Gasteiger partial charge in [0.2, 0.25) is 5.91 Å². The molecule has 0 saturated carbocycles. The number of furan rings is 1. The van der Waals surface area contributed by atoms with Gasteiger partial charge in [-0.2, -0.15) is 0 Å². The predicted octanol–water partition coefficient (Wildman–Crippen LogP) is 1.36. The normalized spacial score (nSPS) is 21.4. The Balaban J connectivity index is 1.81. The Morgan fingerprint density at radius 1 is 1.55 bits per heavy atom. The Labute approximate surface area is 120 Å². The molecule has 1 aromatic heterocycles. The van der Waals surface area contributed by atoms with E-state index in [2.05, 4.69) is 15.5 Å². The van der Waals surface area contributed by atoms with E-state index in [1.807, 2.05) is 26.1 Å². The molecule has 1 amide bonds. The fourth-order valence-electron chi connectivity index (χ4n) is 2.64. The van der Waals surface area contributed by atoms with Crippen LogP contribution in [0.4, 0.5) is 0 Å². The van der Waals surface area contributed by atoms with Gasteiger partial charge in [-0.3, -0.25) is 9.69 Å². The molecule has 0 spiro atoms. The van der Waals surface area contributed by atoms with Gasteiger partial charge in [-0.05, 0) is 58.5 Å². The Morgan fingerprint density at radius 2 is 2.40 bits per heavy atom. The van der Waals surface area contributed by atoms with Crippen molar-refractivity contribution in [2.75, 3.05) is 20.1 Å². The number of nitrogens with zero attached hydrogens (tertiary/aromatic N) is 1. The monoisotopic (exact) mass is 279 g/mol. The number of likely N-dealkylation sites (N-methyl/N-ethyl adjacent to an activating group) is 1. The van der Waals surface area contributed by atoms with Crippen LogP contribution in [0.25, 0.3) is 0 Å². The van der Waals surface area contributed by atoms with Crippen molar-refractivity contribution < 1.29 is 9.21 Å². The van der Waals surface area contributed by atoms with E-state index in [1.165, 1.54) is 6.42 Å². The third-order valence-electron chi connectivity index (χ3n) is 4.13. The maximum Gasteiger partial charge on any atom is 0.237 e. The minimum Gasteiger partial charge on any atom is -0.467 e. The summed E-state index contributed by atoms with van der Waals surface area (Å²) in [6.07, 6.45) is 5.05. The second kappa shape index (κ2) is 7.45.